The first-order valence-electron chi connectivity index (χ1n) is 8.58. The van der Waals surface area contributed by atoms with Gasteiger partial charge in [0, 0.05) is 16.8 Å². The molecule has 1 aliphatic rings. The molecule has 0 aromatic heterocycles. The first-order valence-corrected chi connectivity index (χ1v) is 10.0. The first kappa shape index (κ1) is 17.2. The number of nitrogens with zero attached hydrogens (tertiary/aromatic N) is 1. The van der Waals surface area contributed by atoms with Crippen LogP contribution in [0.3, 0.4) is 0 Å². The zero-order valence-electron chi connectivity index (χ0n) is 14.8. The SMILES string of the molecule is Cc1ccc(S(=O)(=O)/N=C2\Nc3ccccc3C2=Cc2ccccc2)cc1. The van der Waals surface area contributed by atoms with Crippen LogP contribution in [0.2, 0.25) is 0 Å². The second kappa shape index (κ2) is 6.85. The molecule has 134 valence electrons. The number of rotatable bonds is 3. The van der Waals surface area contributed by atoms with Crippen molar-refractivity contribution < 1.29 is 8.42 Å². The van der Waals surface area contributed by atoms with Crippen LogP contribution < -0.4 is 5.32 Å². The third-order valence-corrected chi connectivity index (χ3v) is 5.66. The summed E-state index contributed by atoms with van der Waals surface area (Å²) in [5, 5.41) is 3.14. The number of benzene rings is 3. The lowest BCUT2D eigenvalue weighted by Crippen LogP contribution is -2.10. The number of sulfonamides is 1. The predicted molar refractivity (Wildman–Crippen MR) is 110 cm³/mol. The van der Waals surface area contributed by atoms with Gasteiger partial charge in [-0.1, -0.05) is 66.2 Å². The normalized spacial score (nSPS) is 16.3. The fraction of sp³-hybridized carbons (Fsp3) is 0.0455. The number of anilines is 1. The molecule has 0 radical (unpaired) electrons. The van der Waals surface area contributed by atoms with Crippen LogP contribution in [0.25, 0.3) is 11.6 Å². The molecular weight excluding hydrogens is 356 g/mol. The monoisotopic (exact) mass is 374 g/mol. The quantitative estimate of drug-likeness (QED) is 0.720. The summed E-state index contributed by atoms with van der Waals surface area (Å²) in [5.74, 6) is 0.334. The van der Waals surface area contributed by atoms with Crippen molar-refractivity contribution in [2.24, 2.45) is 4.40 Å². The summed E-state index contributed by atoms with van der Waals surface area (Å²) in [4.78, 5) is 0.178. The maximum Gasteiger partial charge on any atom is 0.284 e. The number of hydrogen-bond donors (Lipinski definition) is 1. The van der Waals surface area contributed by atoms with Crippen LogP contribution in [0, 0.1) is 6.92 Å². The van der Waals surface area contributed by atoms with Crippen molar-refractivity contribution >= 4 is 33.2 Å². The van der Waals surface area contributed by atoms with Gasteiger partial charge in [0.05, 0.1) is 4.90 Å². The summed E-state index contributed by atoms with van der Waals surface area (Å²) >= 11 is 0. The van der Waals surface area contributed by atoms with Gasteiger partial charge in [0.25, 0.3) is 10.0 Å². The number of amidine groups is 1. The molecule has 5 heteroatoms. The second-order valence-electron chi connectivity index (χ2n) is 6.37. The van der Waals surface area contributed by atoms with E-state index in [0.29, 0.717) is 5.84 Å². The van der Waals surface area contributed by atoms with E-state index in [2.05, 4.69) is 9.71 Å². The lowest BCUT2D eigenvalue weighted by atomic mass is 10.0. The molecule has 0 amide bonds. The summed E-state index contributed by atoms with van der Waals surface area (Å²) in [6, 6.07) is 24.2. The Balaban J connectivity index is 1.83. The maximum absolute atomic E-state index is 12.8. The summed E-state index contributed by atoms with van der Waals surface area (Å²) in [5.41, 5.74) is 4.51. The highest BCUT2D eigenvalue weighted by molar-refractivity contribution is 7.90. The fourth-order valence-electron chi connectivity index (χ4n) is 2.97. The minimum atomic E-state index is -3.82. The highest BCUT2D eigenvalue weighted by Crippen LogP contribution is 2.34. The Kier molecular flexibility index (Phi) is 4.38. The van der Waals surface area contributed by atoms with Crippen molar-refractivity contribution in [3.05, 3.63) is 95.6 Å². The molecule has 3 aromatic carbocycles. The molecule has 1 heterocycles. The Morgan fingerprint density at radius 1 is 0.852 bits per heavy atom. The molecule has 3 aromatic rings. The number of hydrogen-bond acceptors (Lipinski definition) is 2. The van der Waals surface area contributed by atoms with E-state index in [1.165, 1.54) is 0 Å². The van der Waals surface area contributed by atoms with Gasteiger partial charge in [-0.05, 0) is 36.8 Å². The Hall–Kier alpha value is -3.18. The third kappa shape index (κ3) is 3.55. The van der Waals surface area contributed by atoms with Gasteiger partial charge in [-0.2, -0.15) is 8.42 Å². The van der Waals surface area contributed by atoms with E-state index in [-0.39, 0.29) is 4.90 Å². The van der Waals surface area contributed by atoms with E-state index in [9.17, 15) is 8.42 Å². The first-order chi connectivity index (χ1) is 13.0. The van der Waals surface area contributed by atoms with E-state index in [1.54, 1.807) is 24.3 Å². The van der Waals surface area contributed by atoms with Crippen molar-refractivity contribution in [3.63, 3.8) is 0 Å². The van der Waals surface area contributed by atoms with Crippen LogP contribution in [0.1, 0.15) is 16.7 Å². The fourth-order valence-corrected chi connectivity index (χ4v) is 3.94. The lowest BCUT2D eigenvalue weighted by molar-refractivity contribution is 0.598. The van der Waals surface area contributed by atoms with Gasteiger partial charge >= 0.3 is 0 Å². The molecule has 1 aliphatic heterocycles. The van der Waals surface area contributed by atoms with Crippen LogP contribution in [0.15, 0.2) is 88.2 Å². The smallest absolute Gasteiger partial charge is 0.284 e. The highest BCUT2D eigenvalue weighted by Gasteiger charge is 2.25. The standard InChI is InChI=1S/C22H18N2O2S/c1-16-11-13-18(14-12-16)27(25,26)24-22-20(15-17-7-3-2-4-8-17)19-9-5-6-10-21(19)23-22/h2-15H,1H3,(H,23,24). The molecule has 0 saturated carbocycles. The van der Waals surface area contributed by atoms with Crippen LogP contribution in [0.5, 0.6) is 0 Å². The third-order valence-electron chi connectivity index (χ3n) is 4.37. The van der Waals surface area contributed by atoms with Crippen molar-refractivity contribution in [1.82, 2.24) is 0 Å². The molecular formula is C22H18N2O2S. The number of para-hydroxylation sites is 1. The minimum Gasteiger partial charge on any atom is -0.339 e. The van der Waals surface area contributed by atoms with Gasteiger partial charge < -0.3 is 5.32 Å². The van der Waals surface area contributed by atoms with Crippen LogP contribution in [0.4, 0.5) is 5.69 Å². The van der Waals surface area contributed by atoms with E-state index < -0.39 is 10.0 Å². The molecule has 0 unspecified atom stereocenters. The number of aryl methyl sites for hydroxylation is 1. The average Bonchev–Trinajstić information content (AvgIpc) is 2.99. The molecule has 0 fully saturated rings. The molecule has 0 atom stereocenters. The van der Waals surface area contributed by atoms with Crippen LogP contribution >= 0.6 is 0 Å². The van der Waals surface area contributed by atoms with Gasteiger partial charge in [-0.25, -0.2) is 0 Å². The maximum atomic E-state index is 12.8. The lowest BCUT2D eigenvalue weighted by Gasteiger charge is -2.04. The van der Waals surface area contributed by atoms with Crippen LogP contribution in [-0.4, -0.2) is 14.3 Å². The molecule has 4 nitrogen and oxygen atoms in total. The van der Waals surface area contributed by atoms with E-state index in [0.717, 1.165) is 28.0 Å². The summed E-state index contributed by atoms with van der Waals surface area (Å²) < 4.78 is 29.7. The Morgan fingerprint density at radius 2 is 1.52 bits per heavy atom. The minimum absolute atomic E-state index is 0.178. The van der Waals surface area contributed by atoms with Crippen molar-refractivity contribution in [3.8, 4) is 0 Å². The Labute approximate surface area is 159 Å². The van der Waals surface area contributed by atoms with E-state index in [4.69, 9.17) is 0 Å². The zero-order chi connectivity index (χ0) is 18.9. The topological polar surface area (TPSA) is 58.5 Å². The van der Waals surface area contributed by atoms with E-state index in [1.807, 2.05) is 67.6 Å². The molecule has 0 spiro atoms. The van der Waals surface area contributed by atoms with Gasteiger partial charge in [0.2, 0.25) is 0 Å². The predicted octanol–water partition coefficient (Wildman–Crippen LogP) is 4.75. The van der Waals surface area contributed by atoms with Crippen molar-refractivity contribution in [1.29, 1.82) is 0 Å². The zero-order valence-corrected chi connectivity index (χ0v) is 15.6. The van der Waals surface area contributed by atoms with Crippen LogP contribution in [-0.2, 0) is 10.0 Å². The second-order valence-corrected chi connectivity index (χ2v) is 7.97. The molecule has 0 bridgehead atoms. The largest absolute Gasteiger partial charge is 0.339 e. The van der Waals surface area contributed by atoms with Gasteiger partial charge in [0.1, 0.15) is 0 Å². The van der Waals surface area contributed by atoms with Crippen molar-refractivity contribution in [2.75, 3.05) is 5.32 Å². The highest BCUT2D eigenvalue weighted by atomic mass is 32.2. The molecule has 4 rings (SSSR count). The summed E-state index contributed by atoms with van der Waals surface area (Å²) in [7, 11) is -3.82. The Morgan fingerprint density at radius 3 is 2.26 bits per heavy atom. The summed E-state index contributed by atoms with van der Waals surface area (Å²) in [6.07, 6.45) is 1.95. The molecule has 1 N–H and O–H groups in total. The van der Waals surface area contributed by atoms with Gasteiger partial charge in [-0.3, -0.25) is 0 Å². The summed E-state index contributed by atoms with van der Waals surface area (Å²) in [6.45, 7) is 1.91. The Bertz CT molecular complexity index is 1150. The average molecular weight is 374 g/mol. The number of nitrogens with one attached hydrogen (secondary N) is 1. The van der Waals surface area contributed by atoms with Gasteiger partial charge in [0.15, 0.2) is 5.84 Å². The molecule has 0 saturated heterocycles. The molecule has 27 heavy (non-hydrogen) atoms. The number of fused-ring (bicyclic) bond motifs is 1. The van der Waals surface area contributed by atoms with E-state index >= 15 is 0 Å². The van der Waals surface area contributed by atoms with Gasteiger partial charge in [-0.15, -0.1) is 4.40 Å². The van der Waals surface area contributed by atoms with Crippen molar-refractivity contribution in [2.45, 2.75) is 11.8 Å². The molecule has 0 aliphatic carbocycles.